The molecule has 110 valence electrons. The maximum atomic E-state index is 13.4. The van der Waals surface area contributed by atoms with Crippen molar-refractivity contribution >= 4 is 27.5 Å². The van der Waals surface area contributed by atoms with Gasteiger partial charge in [-0.3, -0.25) is 0 Å². The maximum Gasteiger partial charge on any atom is 0.146 e. The van der Waals surface area contributed by atoms with E-state index in [2.05, 4.69) is 21.2 Å². The zero-order valence-corrected chi connectivity index (χ0v) is 13.5. The quantitative estimate of drug-likeness (QED) is 0.772. The highest BCUT2D eigenvalue weighted by atomic mass is 79.9. The Morgan fingerprint density at radius 2 is 1.95 bits per heavy atom. The van der Waals surface area contributed by atoms with Crippen LogP contribution in [0.1, 0.15) is 18.4 Å². The minimum atomic E-state index is -0.267. The predicted octanol–water partition coefficient (Wildman–Crippen LogP) is 5.29. The third-order valence-electron chi connectivity index (χ3n) is 3.29. The largest absolute Gasteiger partial charge is 0.455 e. The van der Waals surface area contributed by atoms with Crippen LogP contribution in [0.15, 0.2) is 40.9 Å². The molecule has 1 N–H and O–H groups in total. The molecule has 0 amide bonds. The van der Waals surface area contributed by atoms with Crippen molar-refractivity contribution in [2.75, 3.05) is 0 Å². The maximum absolute atomic E-state index is 13.4. The van der Waals surface area contributed by atoms with Gasteiger partial charge in [-0.1, -0.05) is 27.5 Å². The molecule has 1 aliphatic carbocycles. The number of ether oxygens (including phenoxy) is 1. The Morgan fingerprint density at radius 3 is 2.67 bits per heavy atom. The second-order valence-corrected chi connectivity index (χ2v) is 6.41. The van der Waals surface area contributed by atoms with Crippen molar-refractivity contribution in [2.24, 2.45) is 0 Å². The molecule has 0 aromatic heterocycles. The van der Waals surface area contributed by atoms with Gasteiger partial charge in [0.1, 0.15) is 17.3 Å². The topological polar surface area (TPSA) is 21.3 Å². The van der Waals surface area contributed by atoms with E-state index in [4.69, 9.17) is 16.3 Å². The average Bonchev–Trinajstić information content (AvgIpc) is 3.26. The molecule has 1 fully saturated rings. The van der Waals surface area contributed by atoms with Crippen LogP contribution >= 0.6 is 27.5 Å². The molecule has 2 aromatic carbocycles. The van der Waals surface area contributed by atoms with Crippen LogP contribution in [0.25, 0.3) is 0 Å². The molecule has 0 heterocycles. The van der Waals surface area contributed by atoms with Gasteiger partial charge in [-0.15, -0.1) is 0 Å². The van der Waals surface area contributed by atoms with Crippen molar-refractivity contribution in [1.82, 2.24) is 5.32 Å². The molecule has 0 atom stereocenters. The van der Waals surface area contributed by atoms with Gasteiger partial charge in [0.2, 0.25) is 0 Å². The van der Waals surface area contributed by atoms with Gasteiger partial charge in [0.25, 0.3) is 0 Å². The zero-order valence-electron chi connectivity index (χ0n) is 11.2. The van der Waals surface area contributed by atoms with Crippen molar-refractivity contribution in [2.45, 2.75) is 25.4 Å². The predicted molar refractivity (Wildman–Crippen MR) is 85.5 cm³/mol. The summed E-state index contributed by atoms with van der Waals surface area (Å²) in [4.78, 5) is 0. The standard InChI is InChI=1S/C16H14BrClFNO/c17-11-1-5-16(14(18)8-11)21-15-6-2-12(19)7-10(15)9-20-13-3-4-13/h1-2,5-8,13,20H,3-4,9H2. The molecule has 0 bridgehead atoms. The lowest BCUT2D eigenvalue weighted by Gasteiger charge is -2.13. The van der Waals surface area contributed by atoms with E-state index in [0.29, 0.717) is 29.1 Å². The van der Waals surface area contributed by atoms with Gasteiger partial charge >= 0.3 is 0 Å². The Kier molecular flexibility index (Phi) is 4.48. The highest BCUT2D eigenvalue weighted by Gasteiger charge is 2.21. The minimum Gasteiger partial charge on any atom is -0.455 e. The molecule has 1 aliphatic rings. The second kappa shape index (κ2) is 6.34. The molecule has 1 saturated carbocycles. The molecule has 2 aromatic rings. The van der Waals surface area contributed by atoms with Crippen molar-refractivity contribution in [3.05, 3.63) is 57.3 Å². The van der Waals surface area contributed by atoms with E-state index >= 15 is 0 Å². The van der Waals surface area contributed by atoms with Crippen LogP contribution in [0, 0.1) is 5.82 Å². The molecule has 3 rings (SSSR count). The smallest absolute Gasteiger partial charge is 0.146 e. The summed E-state index contributed by atoms with van der Waals surface area (Å²) in [5.41, 5.74) is 0.792. The van der Waals surface area contributed by atoms with Crippen LogP contribution in [-0.2, 0) is 6.54 Å². The lowest BCUT2D eigenvalue weighted by atomic mass is 10.2. The molecule has 2 nitrogen and oxygen atoms in total. The lowest BCUT2D eigenvalue weighted by Crippen LogP contribution is -2.16. The van der Waals surface area contributed by atoms with Crippen molar-refractivity contribution in [3.8, 4) is 11.5 Å². The molecule has 21 heavy (non-hydrogen) atoms. The van der Waals surface area contributed by atoms with Gasteiger partial charge in [0, 0.05) is 22.6 Å². The summed E-state index contributed by atoms with van der Waals surface area (Å²) in [6, 6.07) is 10.5. The first kappa shape index (κ1) is 14.8. The SMILES string of the molecule is Fc1ccc(Oc2ccc(Br)cc2Cl)c(CNC2CC2)c1. The van der Waals surface area contributed by atoms with E-state index in [1.165, 1.54) is 25.0 Å². The fourth-order valence-electron chi connectivity index (χ4n) is 2.00. The number of hydrogen-bond donors (Lipinski definition) is 1. The van der Waals surface area contributed by atoms with E-state index in [-0.39, 0.29) is 5.82 Å². The second-order valence-electron chi connectivity index (χ2n) is 5.08. The van der Waals surface area contributed by atoms with E-state index < -0.39 is 0 Å². The van der Waals surface area contributed by atoms with Gasteiger partial charge < -0.3 is 10.1 Å². The van der Waals surface area contributed by atoms with Crippen LogP contribution < -0.4 is 10.1 Å². The highest BCUT2D eigenvalue weighted by molar-refractivity contribution is 9.10. The number of halogens is 3. The molecular weight excluding hydrogens is 357 g/mol. The Hall–Kier alpha value is -1.10. The third kappa shape index (κ3) is 3.96. The van der Waals surface area contributed by atoms with Crippen LogP contribution in [0.4, 0.5) is 4.39 Å². The van der Waals surface area contributed by atoms with Crippen LogP contribution in [0.3, 0.4) is 0 Å². The summed E-state index contributed by atoms with van der Waals surface area (Å²) in [6.07, 6.45) is 2.37. The van der Waals surface area contributed by atoms with Crippen molar-refractivity contribution < 1.29 is 9.13 Å². The molecule has 5 heteroatoms. The summed E-state index contributed by atoms with van der Waals surface area (Å²) >= 11 is 9.51. The van der Waals surface area contributed by atoms with Crippen LogP contribution in [-0.4, -0.2) is 6.04 Å². The number of hydrogen-bond acceptors (Lipinski definition) is 2. The van der Waals surface area contributed by atoms with Gasteiger partial charge in [-0.2, -0.15) is 0 Å². The first-order chi connectivity index (χ1) is 10.1. The molecule has 0 radical (unpaired) electrons. The van der Waals surface area contributed by atoms with Gasteiger partial charge in [-0.25, -0.2) is 4.39 Å². The van der Waals surface area contributed by atoms with Crippen molar-refractivity contribution in [3.63, 3.8) is 0 Å². The summed E-state index contributed by atoms with van der Waals surface area (Å²) in [5, 5.41) is 3.87. The normalized spacial score (nSPS) is 14.2. The Morgan fingerprint density at radius 1 is 1.19 bits per heavy atom. The van der Waals surface area contributed by atoms with Crippen LogP contribution in [0.5, 0.6) is 11.5 Å². The van der Waals surface area contributed by atoms with E-state index in [9.17, 15) is 4.39 Å². The Labute approximate surface area is 136 Å². The zero-order chi connectivity index (χ0) is 14.8. The third-order valence-corrected chi connectivity index (χ3v) is 4.08. The van der Waals surface area contributed by atoms with Gasteiger partial charge in [0.05, 0.1) is 5.02 Å². The molecule has 0 saturated heterocycles. The first-order valence-corrected chi connectivity index (χ1v) is 7.93. The number of benzene rings is 2. The lowest BCUT2D eigenvalue weighted by molar-refractivity contribution is 0.470. The molecule has 0 spiro atoms. The average molecular weight is 371 g/mol. The van der Waals surface area contributed by atoms with E-state index in [1.54, 1.807) is 18.2 Å². The molecular formula is C16H14BrClFNO. The fraction of sp³-hybridized carbons (Fsp3) is 0.250. The van der Waals surface area contributed by atoms with E-state index in [1.807, 2.05) is 6.07 Å². The minimum absolute atomic E-state index is 0.267. The highest BCUT2D eigenvalue weighted by Crippen LogP contribution is 2.33. The van der Waals surface area contributed by atoms with Gasteiger partial charge in [0.15, 0.2) is 0 Å². The number of nitrogens with one attached hydrogen (secondary N) is 1. The number of rotatable bonds is 5. The monoisotopic (exact) mass is 369 g/mol. The van der Waals surface area contributed by atoms with Crippen molar-refractivity contribution in [1.29, 1.82) is 0 Å². The fourth-order valence-corrected chi connectivity index (χ4v) is 2.72. The molecule has 0 unspecified atom stereocenters. The summed E-state index contributed by atoms with van der Waals surface area (Å²) in [5.74, 6) is 0.907. The Balaban J connectivity index is 1.82. The molecule has 0 aliphatic heterocycles. The summed E-state index contributed by atoms with van der Waals surface area (Å²) in [7, 11) is 0. The van der Waals surface area contributed by atoms with Gasteiger partial charge in [-0.05, 0) is 49.2 Å². The van der Waals surface area contributed by atoms with Crippen LogP contribution in [0.2, 0.25) is 5.02 Å². The first-order valence-electron chi connectivity index (χ1n) is 6.76. The summed E-state index contributed by atoms with van der Waals surface area (Å²) < 4.78 is 20.2. The van der Waals surface area contributed by atoms with E-state index in [0.717, 1.165) is 10.0 Å². The summed E-state index contributed by atoms with van der Waals surface area (Å²) in [6.45, 7) is 0.589. The Bertz CT molecular complexity index is 661.